The number of anilines is 1. The molecule has 6 heteroatoms. The molecule has 0 heterocycles. The molecule has 92 valence electrons. The predicted molar refractivity (Wildman–Crippen MR) is 65.8 cm³/mol. The Bertz CT molecular complexity index is 652. The van der Waals surface area contributed by atoms with Crippen LogP contribution in [0.25, 0.3) is 10.8 Å². The van der Waals surface area contributed by atoms with E-state index in [4.69, 9.17) is 10.8 Å². The lowest BCUT2D eigenvalue weighted by Gasteiger charge is -2.11. The van der Waals surface area contributed by atoms with Gasteiger partial charge in [0, 0.05) is 5.39 Å². The Hall–Kier alpha value is -2.76. The van der Waals surface area contributed by atoms with E-state index in [9.17, 15) is 14.7 Å². The minimum absolute atomic E-state index is 0.0434. The second kappa shape index (κ2) is 4.25. The quantitative estimate of drug-likeness (QED) is 0.604. The van der Waals surface area contributed by atoms with Gasteiger partial charge in [-0.2, -0.15) is 0 Å². The Labute approximate surface area is 102 Å². The van der Waals surface area contributed by atoms with Crippen molar-refractivity contribution in [3.05, 3.63) is 35.9 Å². The summed E-state index contributed by atoms with van der Waals surface area (Å²) in [6, 6.07) is 6.76. The first-order valence-electron chi connectivity index (χ1n) is 5.05. The second-order valence-electron chi connectivity index (χ2n) is 3.66. The number of aromatic carboxylic acids is 1. The lowest BCUT2D eigenvalue weighted by Crippen LogP contribution is -2.19. The Morgan fingerprint density at radius 1 is 1.17 bits per heavy atom. The lowest BCUT2D eigenvalue weighted by atomic mass is 10.0. The summed E-state index contributed by atoms with van der Waals surface area (Å²) in [7, 11) is 0. The molecule has 6 nitrogen and oxygen atoms in total. The fourth-order valence-electron chi connectivity index (χ4n) is 1.79. The van der Waals surface area contributed by atoms with Gasteiger partial charge >= 0.3 is 12.0 Å². The van der Waals surface area contributed by atoms with E-state index < -0.39 is 12.0 Å². The summed E-state index contributed by atoms with van der Waals surface area (Å²) in [6.07, 6.45) is 0. The molecule has 0 spiro atoms. The molecule has 0 saturated heterocycles. The van der Waals surface area contributed by atoms with Crippen molar-refractivity contribution in [1.82, 2.24) is 0 Å². The number of carbonyl (C=O) groups excluding carboxylic acids is 1. The first kappa shape index (κ1) is 11.7. The molecule has 18 heavy (non-hydrogen) atoms. The highest BCUT2D eigenvalue weighted by atomic mass is 16.4. The highest BCUT2D eigenvalue weighted by molar-refractivity contribution is 6.11. The standard InChI is InChI=1S/C12H10N2O4/c13-12(18)14-10-7-4-2-1-3-6(7)8(11(16)17)5-9(10)15/h1-5,15H,(H,16,17)(H3,13,14,18). The van der Waals surface area contributed by atoms with Crippen molar-refractivity contribution in [2.24, 2.45) is 5.73 Å². The van der Waals surface area contributed by atoms with Crippen molar-refractivity contribution in [3.8, 4) is 5.75 Å². The van der Waals surface area contributed by atoms with Gasteiger partial charge in [-0.3, -0.25) is 0 Å². The van der Waals surface area contributed by atoms with Crippen molar-refractivity contribution in [3.63, 3.8) is 0 Å². The molecule has 2 amide bonds. The summed E-state index contributed by atoms with van der Waals surface area (Å²) in [5, 5.41) is 21.9. The maximum absolute atomic E-state index is 11.1. The molecule has 0 unspecified atom stereocenters. The number of rotatable bonds is 2. The van der Waals surface area contributed by atoms with Gasteiger partial charge in [-0.05, 0) is 11.5 Å². The fourth-order valence-corrected chi connectivity index (χ4v) is 1.79. The van der Waals surface area contributed by atoms with Gasteiger partial charge in [0.1, 0.15) is 5.75 Å². The van der Waals surface area contributed by atoms with Gasteiger partial charge in [0.25, 0.3) is 0 Å². The highest BCUT2D eigenvalue weighted by Crippen LogP contribution is 2.35. The maximum atomic E-state index is 11.1. The molecule has 0 aliphatic carbocycles. The van der Waals surface area contributed by atoms with Crippen LogP contribution in [-0.4, -0.2) is 22.2 Å². The van der Waals surface area contributed by atoms with Gasteiger partial charge in [-0.15, -0.1) is 0 Å². The van der Waals surface area contributed by atoms with Crippen LogP contribution in [0.3, 0.4) is 0 Å². The van der Waals surface area contributed by atoms with E-state index in [0.717, 1.165) is 6.07 Å². The van der Waals surface area contributed by atoms with Crippen LogP contribution in [-0.2, 0) is 0 Å². The van der Waals surface area contributed by atoms with E-state index in [0.29, 0.717) is 10.8 Å². The number of phenolic OH excluding ortho intramolecular Hbond substituents is 1. The summed E-state index contributed by atoms with van der Waals surface area (Å²) in [4.78, 5) is 21.9. The number of nitrogens with one attached hydrogen (secondary N) is 1. The number of carbonyl (C=O) groups is 2. The predicted octanol–water partition coefficient (Wildman–Crippen LogP) is 1.73. The van der Waals surface area contributed by atoms with Gasteiger partial charge < -0.3 is 21.3 Å². The van der Waals surface area contributed by atoms with Crippen LogP contribution in [0.4, 0.5) is 10.5 Å². The molecular formula is C12H10N2O4. The van der Waals surface area contributed by atoms with E-state index >= 15 is 0 Å². The van der Waals surface area contributed by atoms with Crippen molar-refractivity contribution < 1.29 is 19.8 Å². The molecule has 0 saturated carbocycles. The summed E-state index contributed by atoms with van der Waals surface area (Å²) in [6.45, 7) is 0. The van der Waals surface area contributed by atoms with Crippen LogP contribution in [0.2, 0.25) is 0 Å². The molecule has 5 N–H and O–H groups in total. The Morgan fingerprint density at radius 3 is 2.33 bits per heavy atom. The Balaban J connectivity index is 2.81. The average Bonchev–Trinajstić information content (AvgIpc) is 2.31. The summed E-state index contributed by atoms with van der Waals surface area (Å²) in [5.74, 6) is -1.50. The van der Waals surface area contributed by atoms with Gasteiger partial charge in [0.05, 0.1) is 11.3 Å². The van der Waals surface area contributed by atoms with Gasteiger partial charge in [0.15, 0.2) is 0 Å². The van der Waals surface area contributed by atoms with Crippen LogP contribution in [0.1, 0.15) is 10.4 Å². The molecule has 0 aromatic heterocycles. The van der Waals surface area contributed by atoms with Crippen LogP contribution < -0.4 is 11.1 Å². The SMILES string of the molecule is NC(=O)Nc1c(O)cc(C(=O)O)c2ccccc12. The molecule has 0 atom stereocenters. The monoisotopic (exact) mass is 246 g/mol. The molecule has 2 aromatic carbocycles. The number of hydrogen-bond donors (Lipinski definition) is 4. The number of carboxylic acids is 1. The van der Waals surface area contributed by atoms with E-state index in [1.807, 2.05) is 0 Å². The van der Waals surface area contributed by atoms with Crippen LogP contribution in [0.15, 0.2) is 30.3 Å². The minimum atomic E-state index is -1.16. The third-order valence-corrected chi connectivity index (χ3v) is 2.50. The van der Waals surface area contributed by atoms with Gasteiger partial charge in [0.2, 0.25) is 0 Å². The summed E-state index contributed by atoms with van der Waals surface area (Å²) in [5.41, 5.74) is 5.06. The molecule has 2 rings (SSSR count). The zero-order chi connectivity index (χ0) is 13.3. The van der Waals surface area contributed by atoms with E-state index in [2.05, 4.69) is 5.32 Å². The number of primary amides is 1. The number of nitrogens with two attached hydrogens (primary N) is 1. The number of urea groups is 1. The van der Waals surface area contributed by atoms with Crippen LogP contribution >= 0.6 is 0 Å². The fraction of sp³-hybridized carbons (Fsp3) is 0. The maximum Gasteiger partial charge on any atom is 0.336 e. The smallest absolute Gasteiger partial charge is 0.336 e. The van der Waals surface area contributed by atoms with E-state index in [-0.39, 0.29) is 17.0 Å². The second-order valence-corrected chi connectivity index (χ2v) is 3.66. The largest absolute Gasteiger partial charge is 0.506 e. The zero-order valence-corrected chi connectivity index (χ0v) is 9.18. The lowest BCUT2D eigenvalue weighted by molar-refractivity contribution is 0.0698. The molecule has 0 fully saturated rings. The zero-order valence-electron chi connectivity index (χ0n) is 9.18. The van der Waals surface area contributed by atoms with Crippen molar-refractivity contribution in [2.75, 3.05) is 5.32 Å². The van der Waals surface area contributed by atoms with Crippen LogP contribution in [0.5, 0.6) is 5.75 Å². The van der Waals surface area contributed by atoms with E-state index in [1.54, 1.807) is 24.3 Å². The number of carboxylic acid groups (broad SMARTS) is 1. The van der Waals surface area contributed by atoms with Crippen molar-refractivity contribution in [1.29, 1.82) is 0 Å². The van der Waals surface area contributed by atoms with Gasteiger partial charge in [-0.1, -0.05) is 24.3 Å². The van der Waals surface area contributed by atoms with Crippen molar-refractivity contribution >= 4 is 28.5 Å². The van der Waals surface area contributed by atoms with Crippen LogP contribution in [0, 0.1) is 0 Å². The molecule has 0 aliphatic rings. The average molecular weight is 246 g/mol. The molecule has 0 bridgehead atoms. The Morgan fingerprint density at radius 2 is 1.78 bits per heavy atom. The normalized spacial score (nSPS) is 10.2. The number of phenols is 1. The molecule has 0 radical (unpaired) electrons. The summed E-state index contributed by atoms with van der Waals surface area (Å²) >= 11 is 0. The first-order chi connectivity index (χ1) is 8.50. The first-order valence-corrected chi connectivity index (χ1v) is 5.05. The number of benzene rings is 2. The minimum Gasteiger partial charge on any atom is -0.506 e. The number of fused-ring (bicyclic) bond motifs is 1. The topological polar surface area (TPSA) is 113 Å². The van der Waals surface area contributed by atoms with E-state index in [1.165, 1.54) is 0 Å². The third-order valence-electron chi connectivity index (χ3n) is 2.50. The van der Waals surface area contributed by atoms with Gasteiger partial charge in [-0.25, -0.2) is 9.59 Å². The third kappa shape index (κ3) is 1.91. The summed E-state index contributed by atoms with van der Waals surface area (Å²) < 4.78 is 0. The molecular weight excluding hydrogens is 236 g/mol. The highest BCUT2D eigenvalue weighted by Gasteiger charge is 2.16. The molecule has 2 aromatic rings. The number of hydrogen-bond acceptors (Lipinski definition) is 3. The Kier molecular flexibility index (Phi) is 2.77. The van der Waals surface area contributed by atoms with Crippen molar-refractivity contribution in [2.45, 2.75) is 0 Å². The number of amides is 2. The number of aromatic hydroxyl groups is 1. The molecule has 0 aliphatic heterocycles.